The van der Waals surface area contributed by atoms with Crippen molar-refractivity contribution in [1.29, 1.82) is 0 Å². The highest BCUT2D eigenvalue weighted by Gasteiger charge is 2.31. The molecule has 2 aromatic carbocycles. The number of rotatable bonds is 4. The van der Waals surface area contributed by atoms with Gasteiger partial charge in [-0.2, -0.15) is 0 Å². The predicted octanol–water partition coefficient (Wildman–Crippen LogP) is 5.30. The molecule has 0 aromatic heterocycles. The lowest BCUT2D eigenvalue weighted by molar-refractivity contribution is -0.133. The molecule has 0 N–H and O–H groups in total. The molecule has 2 aromatic rings. The van der Waals surface area contributed by atoms with Gasteiger partial charge in [-0.25, -0.2) is 0 Å². The standard InChI is InChI=1S/C17H14Cl3NO2S/c18-12-3-1-2-11(8-12)17-21(6-7-24-17)16(22)10-23-15-5-4-13(19)9-14(15)20/h1-5,8-9,17H,6-7,10H2. The molecule has 1 aliphatic rings. The van der Waals surface area contributed by atoms with Gasteiger partial charge in [0.1, 0.15) is 11.1 Å². The Hall–Kier alpha value is -1.07. The van der Waals surface area contributed by atoms with Gasteiger partial charge in [-0.1, -0.05) is 46.9 Å². The Morgan fingerprint density at radius 1 is 1.17 bits per heavy atom. The van der Waals surface area contributed by atoms with E-state index in [1.54, 1.807) is 34.9 Å². The van der Waals surface area contributed by atoms with Gasteiger partial charge in [-0.15, -0.1) is 11.8 Å². The SMILES string of the molecule is O=C(COc1ccc(Cl)cc1Cl)N1CCSC1c1cccc(Cl)c1. The van der Waals surface area contributed by atoms with E-state index in [4.69, 9.17) is 39.5 Å². The first-order valence-electron chi connectivity index (χ1n) is 7.29. The normalized spacial score (nSPS) is 17.1. The fraction of sp³-hybridized carbons (Fsp3) is 0.235. The number of thioether (sulfide) groups is 1. The third-order valence-corrected chi connectivity index (χ3v) is 5.62. The average Bonchev–Trinajstić information content (AvgIpc) is 3.03. The minimum atomic E-state index is -0.0870. The second-order valence-corrected chi connectivity index (χ2v) is 7.70. The van der Waals surface area contributed by atoms with Crippen LogP contribution in [0.1, 0.15) is 10.9 Å². The summed E-state index contributed by atoms with van der Waals surface area (Å²) in [5.41, 5.74) is 1.02. The molecule has 24 heavy (non-hydrogen) atoms. The maximum atomic E-state index is 12.6. The molecule has 1 fully saturated rings. The van der Waals surface area contributed by atoms with Crippen LogP contribution < -0.4 is 4.74 Å². The Bertz CT molecular complexity index is 756. The number of hydrogen-bond donors (Lipinski definition) is 0. The van der Waals surface area contributed by atoms with Crippen molar-refractivity contribution in [3.8, 4) is 5.75 Å². The van der Waals surface area contributed by atoms with Gasteiger partial charge in [0, 0.05) is 22.3 Å². The molecule has 0 spiro atoms. The van der Waals surface area contributed by atoms with Gasteiger partial charge in [-0.3, -0.25) is 4.79 Å². The number of halogens is 3. The zero-order chi connectivity index (χ0) is 17.1. The van der Waals surface area contributed by atoms with Gasteiger partial charge in [0.05, 0.1) is 5.02 Å². The summed E-state index contributed by atoms with van der Waals surface area (Å²) in [6.07, 6.45) is 0. The topological polar surface area (TPSA) is 29.5 Å². The van der Waals surface area contributed by atoms with Crippen molar-refractivity contribution in [2.24, 2.45) is 0 Å². The summed E-state index contributed by atoms with van der Waals surface area (Å²) in [5.74, 6) is 1.24. The van der Waals surface area contributed by atoms with Crippen molar-refractivity contribution in [2.45, 2.75) is 5.37 Å². The molecule has 3 nitrogen and oxygen atoms in total. The molecular formula is C17H14Cl3NO2S. The van der Waals surface area contributed by atoms with Crippen LogP contribution in [-0.4, -0.2) is 29.7 Å². The molecule has 0 saturated carbocycles. The van der Waals surface area contributed by atoms with E-state index in [0.29, 0.717) is 27.4 Å². The monoisotopic (exact) mass is 401 g/mol. The number of ether oxygens (including phenoxy) is 1. The maximum Gasteiger partial charge on any atom is 0.261 e. The highest BCUT2D eigenvalue weighted by Crippen LogP contribution is 2.38. The Labute approximate surface area is 159 Å². The third kappa shape index (κ3) is 4.12. The third-order valence-electron chi connectivity index (χ3n) is 3.59. The lowest BCUT2D eigenvalue weighted by Gasteiger charge is -2.24. The Kier molecular flexibility index (Phi) is 5.82. The van der Waals surface area contributed by atoms with Gasteiger partial charge >= 0.3 is 0 Å². The van der Waals surface area contributed by atoms with E-state index in [2.05, 4.69) is 0 Å². The molecular weight excluding hydrogens is 389 g/mol. The van der Waals surface area contributed by atoms with Gasteiger partial charge in [0.15, 0.2) is 6.61 Å². The molecule has 126 valence electrons. The Morgan fingerprint density at radius 3 is 2.71 bits per heavy atom. The summed E-state index contributed by atoms with van der Waals surface area (Å²) in [6, 6.07) is 12.5. The van der Waals surface area contributed by atoms with E-state index in [1.165, 1.54) is 0 Å². The largest absolute Gasteiger partial charge is 0.482 e. The molecule has 1 amide bonds. The number of amides is 1. The van der Waals surface area contributed by atoms with Crippen molar-refractivity contribution >= 4 is 52.5 Å². The zero-order valence-corrected chi connectivity index (χ0v) is 15.6. The number of nitrogens with zero attached hydrogens (tertiary/aromatic N) is 1. The van der Waals surface area contributed by atoms with Crippen LogP contribution in [0.25, 0.3) is 0 Å². The van der Waals surface area contributed by atoms with Crippen LogP contribution in [0.4, 0.5) is 0 Å². The molecule has 3 rings (SSSR count). The van der Waals surface area contributed by atoms with Crippen LogP contribution in [0.2, 0.25) is 15.1 Å². The minimum Gasteiger partial charge on any atom is -0.482 e. The van der Waals surface area contributed by atoms with E-state index in [-0.39, 0.29) is 17.9 Å². The second kappa shape index (κ2) is 7.87. The van der Waals surface area contributed by atoms with Crippen molar-refractivity contribution in [1.82, 2.24) is 4.90 Å². The molecule has 1 unspecified atom stereocenters. The smallest absolute Gasteiger partial charge is 0.261 e. The van der Waals surface area contributed by atoms with E-state index >= 15 is 0 Å². The molecule has 7 heteroatoms. The van der Waals surface area contributed by atoms with Crippen LogP contribution in [0.3, 0.4) is 0 Å². The van der Waals surface area contributed by atoms with E-state index in [1.807, 2.05) is 24.3 Å². The summed E-state index contributed by atoms with van der Waals surface area (Å²) in [7, 11) is 0. The van der Waals surface area contributed by atoms with Crippen LogP contribution in [0, 0.1) is 0 Å². The number of carbonyl (C=O) groups excluding carboxylic acids is 1. The van der Waals surface area contributed by atoms with Crippen molar-refractivity contribution in [3.05, 3.63) is 63.1 Å². The molecule has 1 heterocycles. The minimum absolute atomic E-state index is 0.0412. The predicted molar refractivity (Wildman–Crippen MR) is 100 cm³/mol. The quantitative estimate of drug-likeness (QED) is 0.695. The zero-order valence-electron chi connectivity index (χ0n) is 12.5. The maximum absolute atomic E-state index is 12.6. The lowest BCUT2D eigenvalue weighted by Crippen LogP contribution is -2.34. The molecule has 0 radical (unpaired) electrons. The number of carbonyl (C=O) groups is 1. The van der Waals surface area contributed by atoms with E-state index < -0.39 is 0 Å². The van der Waals surface area contributed by atoms with Crippen LogP contribution >= 0.6 is 46.6 Å². The van der Waals surface area contributed by atoms with Crippen LogP contribution in [-0.2, 0) is 4.79 Å². The fourth-order valence-corrected chi connectivity index (χ4v) is 4.41. The Morgan fingerprint density at radius 2 is 1.96 bits per heavy atom. The highest BCUT2D eigenvalue weighted by atomic mass is 35.5. The summed E-state index contributed by atoms with van der Waals surface area (Å²) >= 11 is 19.7. The molecule has 1 saturated heterocycles. The van der Waals surface area contributed by atoms with Crippen molar-refractivity contribution in [3.63, 3.8) is 0 Å². The highest BCUT2D eigenvalue weighted by molar-refractivity contribution is 7.99. The average molecular weight is 403 g/mol. The number of hydrogen-bond acceptors (Lipinski definition) is 3. The van der Waals surface area contributed by atoms with E-state index in [9.17, 15) is 4.79 Å². The first kappa shape index (κ1) is 17.7. The van der Waals surface area contributed by atoms with Gasteiger partial charge in [0.2, 0.25) is 0 Å². The second-order valence-electron chi connectivity index (χ2n) is 5.23. The summed E-state index contributed by atoms with van der Waals surface area (Å²) < 4.78 is 5.56. The lowest BCUT2D eigenvalue weighted by atomic mass is 10.2. The fourth-order valence-electron chi connectivity index (χ4n) is 2.48. The summed E-state index contributed by atoms with van der Waals surface area (Å²) in [5, 5.41) is 1.53. The van der Waals surface area contributed by atoms with Crippen LogP contribution in [0.15, 0.2) is 42.5 Å². The summed E-state index contributed by atoms with van der Waals surface area (Å²) in [4.78, 5) is 14.4. The first-order valence-corrected chi connectivity index (χ1v) is 9.47. The molecule has 1 atom stereocenters. The summed E-state index contributed by atoms with van der Waals surface area (Å²) in [6.45, 7) is 0.609. The van der Waals surface area contributed by atoms with Gasteiger partial charge < -0.3 is 9.64 Å². The molecule has 0 bridgehead atoms. The van der Waals surface area contributed by atoms with Gasteiger partial charge in [-0.05, 0) is 35.9 Å². The molecule has 1 aliphatic heterocycles. The van der Waals surface area contributed by atoms with Crippen molar-refractivity contribution in [2.75, 3.05) is 18.9 Å². The Balaban J connectivity index is 1.67. The van der Waals surface area contributed by atoms with Crippen molar-refractivity contribution < 1.29 is 9.53 Å². The van der Waals surface area contributed by atoms with Gasteiger partial charge in [0.25, 0.3) is 5.91 Å². The first-order chi connectivity index (χ1) is 11.5. The van der Waals surface area contributed by atoms with Crippen LogP contribution in [0.5, 0.6) is 5.75 Å². The molecule has 0 aliphatic carbocycles. The van der Waals surface area contributed by atoms with E-state index in [0.717, 1.165) is 11.3 Å². The number of benzene rings is 2.